The van der Waals surface area contributed by atoms with Gasteiger partial charge in [0.1, 0.15) is 12.7 Å². The number of esters is 2. The van der Waals surface area contributed by atoms with Gasteiger partial charge in [0, 0.05) is 24.4 Å². The molecule has 10 heteroatoms. The molecule has 1 aromatic heterocycles. The SMILES string of the molecule is C=CC(=O)OC1[C@@H](COC(=O)/C=C/c2ccccc2)O[C@@H](n2ccc(=O)[nH]c2=O)C1(C)F. The van der Waals surface area contributed by atoms with E-state index in [2.05, 4.69) is 6.58 Å². The summed E-state index contributed by atoms with van der Waals surface area (Å²) in [5.41, 5.74) is -3.22. The second-order valence-electron chi connectivity index (χ2n) is 7.13. The summed E-state index contributed by atoms with van der Waals surface area (Å²) in [7, 11) is 0. The van der Waals surface area contributed by atoms with Gasteiger partial charge in [0.2, 0.25) is 0 Å². The van der Waals surface area contributed by atoms with E-state index in [0.29, 0.717) is 0 Å². The number of aromatic nitrogens is 2. The molecule has 1 N–H and O–H groups in total. The summed E-state index contributed by atoms with van der Waals surface area (Å²) >= 11 is 0. The first-order valence-corrected chi connectivity index (χ1v) is 9.61. The summed E-state index contributed by atoms with van der Waals surface area (Å²) in [5, 5.41) is 0. The average molecular weight is 444 g/mol. The fourth-order valence-electron chi connectivity index (χ4n) is 3.26. The van der Waals surface area contributed by atoms with E-state index in [1.807, 2.05) is 11.1 Å². The minimum Gasteiger partial charge on any atom is -0.460 e. The Bertz CT molecular complexity index is 1140. The van der Waals surface area contributed by atoms with E-state index in [-0.39, 0.29) is 0 Å². The van der Waals surface area contributed by atoms with Crippen LogP contribution in [0.3, 0.4) is 0 Å². The molecule has 0 saturated carbocycles. The van der Waals surface area contributed by atoms with Crippen LogP contribution in [0.25, 0.3) is 6.08 Å². The molecule has 0 spiro atoms. The molecule has 1 aromatic carbocycles. The van der Waals surface area contributed by atoms with Crippen LogP contribution >= 0.6 is 0 Å². The van der Waals surface area contributed by atoms with Gasteiger partial charge in [-0.15, -0.1) is 0 Å². The van der Waals surface area contributed by atoms with Crippen LogP contribution in [0.4, 0.5) is 4.39 Å². The summed E-state index contributed by atoms with van der Waals surface area (Å²) in [6.07, 6.45) is 0.323. The highest BCUT2D eigenvalue weighted by molar-refractivity contribution is 5.87. The van der Waals surface area contributed by atoms with Gasteiger partial charge in [-0.1, -0.05) is 36.9 Å². The van der Waals surface area contributed by atoms with Crippen molar-refractivity contribution in [1.82, 2.24) is 9.55 Å². The zero-order valence-electron chi connectivity index (χ0n) is 17.1. The highest BCUT2D eigenvalue weighted by atomic mass is 19.1. The summed E-state index contributed by atoms with van der Waals surface area (Å²) < 4.78 is 32.4. The maximum absolute atomic E-state index is 15.7. The fraction of sp³-hybridized carbons (Fsp3) is 0.273. The van der Waals surface area contributed by atoms with Crippen molar-refractivity contribution in [3.05, 3.63) is 87.7 Å². The first-order valence-electron chi connectivity index (χ1n) is 9.61. The summed E-state index contributed by atoms with van der Waals surface area (Å²) in [6.45, 7) is 3.90. The number of rotatable bonds is 7. The van der Waals surface area contributed by atoms with Gasteiger partial charge < -0.3 is 14.2 Å². The van der Waals surface area contributed by atoms with Crippen molar-refractivity contribution < 1.29 is 28.2 Å². The van der Waals surface area contributed by atoms with Crippen LogP contribution < -0.4 is 11.2 Å². The summed E-state index contributed by atoms with van der Waals surface area (Å²) in [4.78, 5) is 49.3. The highest BCUT2D eigenvalue weighted by Crippen LogP contribution is 2.42. The predicted octanol–water partition coefficient (Wildman–Crippen LogP) is 1.52. The highest BCUT2D eigenvalue weighted by Gasteiger charge is 2.58. The van der Waals surface area contributed by atoms with Gasteiger partial charge in [0.15, 0.2) is 18.0 Å². The maximum atomic E-state index is 15.7. The molecule has 0 bridgehead atoms. The molecule has 168 valence electrons. The number of nitrogens with one attached hydrogen (secondary N) is 1. The van der Waals surface area contributed by atoms with Crippen LogP contribution in [0.5, 0.6) is 0 Å². The van der Waals surface area contributed by atoms with Crippen LogP contribution in [0.2, 0.25) is 0 Å². The number of benzene rings is 1. The fourth-order valence-corrected chi connectivity index (χ4v) is 3.26. The molecule has 1 aliphatic heterocycles. The van der Waals surface area contributed by atoms with Crippen LogP contribution in [0.15, 0.2) is 70.9 Å². The molecule has 3 rings (SSSR count). The molecular formula is C22H21FN2O7. The van der Waals surface area contributed by atoms with Gasteiger partial charge in [0.05, 0.1) is 0 Å². The standard InChI is InChI=1S/C22H21FN2O7/c1-3-17(27)32-19-15(13-30-18(28)10-9-14-7-5-4-6-8-14)31-20(22(19,2)23)25-12-11-16(26)24-21(25)29/h3-12,15,19-20H,1,13H2,2H3,(H,24,26,29)/b10-9+/t15-,19?,20-,22?/m1/s1. The summed E-state index contributed by atoms with van der Waals surface area (Å²) in [5.74, 6) is -1.64. The molecule has 0 aliphatic carbocycles. The van der Waals surface area contributed by atoms with Crippen molar-refractivity contribution in [2.45, 2.75) is 31.0 Å². The monoisotopic (exact) mass is 444 g/mol. The maximum Gasteiger partial charge on any atom is 0.330 e. The van der Waals surface area contributed by atoms with Crippen molar-refractivity contribution in [3.8, 4) is 0 Å². The van der Waals surface area contributed by atoms with Crippen LogP contribution in [0.1, 0.15) is 18.7 Å². The molecule has 0 amide bonds. The smallest absolute Gasteiger partial charge is 0.330 e. The number of alkyl halides is 1. The molecule has 32 heavy (non-hydrogen) atoms. The van der Waals surface area contributed by atoms with Gasteiger partial charge >= 0.3 is 17.6 Å². The molecular weight excluding hydrogens is 423 g/mol. The molecule has 1 fully saturated rings. The van der Waals surface area contributed by atoms with Crippen molar-refractivity contribution in [1.29, 1.82) is 0 Å². The van der Waals surface area contributed by atoms with E-state index < -0.39 is 53.9 Å². The molecule has 1 aliphatic rings. The average Bonchev–Trinajstić information content (AvgIpc) is 3.01. The van der Waals surface area contributed by atoms with Crippen molar-refractivity contribution in [2.75, 3.05) is 6.61 Å². The Morgan fingerprint density at radius 2 is 1.97 bits per heavy atom. The molecule has 2 heterocycles. The molecule has 4 atom stereocenters. The van der Waals surface area contributed by atoms with Crippen molar-refractivity contribution in [2.24, 2.45) is 0 Å². The second-order valence-corrected chi connectivity index (χ2v) is 7.13. The van der Waals surface area contributed by atoms with Gasteiger partial charge in [-0.05, 0) is 18.6 Å². The zero-order chi connectivity index (χ0) is 23.3. The van der Waals surface area contributed by atoms with E-state index in [1.165, 1.54) is 12.2 Å². The van der Waals surface area contributed by atoms with E-state index in [0.717, 1.165) is 35.4 Å². The van der Waals surface area contributed by atoms with Crippen molar-refractivity contribution in [3.63, 3.8) is 0 Å². The lowest BCUT2D eigenvalue weighted by atomic mass is 9.98. The van der Waals surface area contributed by atoms with Gasteiger partial charge in [-0.2, -0.15) is 0 Å². The molecule has 2 unspecified atom stereocenters. The minimum atomic E-state index is -2.41. The Labute approximate surface area is 181 Å². The lowest BCUT2D eigenvalue weighted by Crippen LogP contribution is -2.46. The number of hydrogen-bond donors (Lipinski definition) is 1. The number of carbonyl (C=O) groups excluding carboxylic acids is 2. The minimum absolute atomic E-state index is 0.457. The lowest BCUT2D eigenvalue weighted by molar-refractivity contribution is -0.155. The zero-order valence-corrected chi connectivity index (χ0v) is 17.1. The lowest BCUT2D eigenvalue weighted by Gasteiger charge is -2.27. The Kier molecular flexibility index (Phi) is 6.84. The Balaban J connectivity index is 1.79. The molecule has 0 radical (unpaired) electrons. The van der Waals surface area contributed by atoms with E-state index in [4.69, 9.17) is 14.2 Å². The first-order chi connectivity index (χ1) is 15.2. The van der Waals surface area contributed by atoms with Crippen LogP contribution in [-0.4, -0.2) is 46.0 Å². The third-order valence-corrected chi connectivity index (χ3v) is 4.80. The number of H-pyrrole nitrogens is 1. The number of ether oxygens (including phenoxy) is 3. The third kappa shape index (κ3) is 5.09. The van der Waals surface area contributed by atoms with Gasteiger partial charge in [0.25, 0.3) is 5.56 Å². The summed E-state index contributed by atoms with van der Waals surface area (Å²) in [6, 6.07) is 10.0. The molecule has 9 nitrogen and oxygen atoms in total. The number of halogens is 1. The number of carbonyl (C=O) groups is 2. The van der Waals surface area contributed by atoms with Crippen LogP contribution in [0, 0.1) is 0 Å². The topological polar surface area (TPSA) is 117 Å². The quantitative estimate of drug-likeness (QED) is 0.508. The number of hydrogen-bond acceptors (Lipinski definition) is 7. The molecule has 1 saturated heterocycles. The number of nitrogens with zero attached hydrogens (tertiary/aromatic N) is 1. The molecule has 2 aromatic rings. The van der Waals surface area contributed by atoms with Gasteiger partial charge in [-0.3, -0.25) is 14.3 Å². The first kappa shape index (κ1) is 22.9. The Morgan fingerprint density at radius 1 is 1.25 bits per heavy atom. The second kappa shape index (κ2) is 9.56. The van der Waals surface area contributed by atoms with Crippen LogP contribution in [-0.2, 0) is 23.8 Å². The number of aromatic amines is 1. The predicted molar refractivity (Wildman–Crippen MR) is 111 cm³/mol. The van der Waals surface area contributed by atoms with Crippen molar-refractivity contribution >= 4 is 18.0 Å². The Hall–Kier alpha value is -3.79. The largest absolute Gasteiger partial charge is 0.460 e. The van der Waals surface area contributed by atoms with E-state index >= 15 is 4.39 Å². The Morgan fingerprint density at radius 3 is 2.62 bits per heavy atom. The van der Waals surface area contributed by atoms with E-state index in [9.17, 15) is 19.2 Å². The normalized spacial score (nSPS) is 24.9. The van der Waals surface area contributed by atoms with E-state index in [1.54, 1.807) is 24.3 Å². The third-order valence-electron chi connectivity index (χ3n) is 4.80. The van der Waals surface area contributed by atoms with Gasteiger partial charge in [-0.25, -0.2) is 18.8 Å².